The SMILES string of the molecule is CC(C)(C)OC(=O)N1CCC(=O)C12CCOCC2. The summed E-state index contributed by atoms with van der Waals surface area (Å²) in [6.45, 7) is 7.03. The van der Waals surface area contributed by atoms with Crippen LogP contribution in [0.1, 0.15) is 40.0 Å². The van der Waals surface area contributed by atoms with E-state index >= 15 is 0 Å². The molecule has 1 amide bonds. The maximum atomic E-state index is 12.2. The second-order valence-electron chi connectivity index (χ2n) is 5.95. The van der Waals surface area contributed by atoms with Crippen molar-refractivity contribution in [3.05, 3.63) is 0 Å². The summed E-state index contributed by atoms with van der Waals surface area (Å²) in [5.41, 5.74) is -1.20. The van der Waals surface area contributed by atoms with Crippen LogP contribution in [0, 0.1) is 0 Å². The molecule has 2 saturated heterocycles. The van der Waals surface area contributed by atoms with Crippen molar-refractivity contribution in [3.8, 4) is 0 Å². The highest BCUT2D eigenvalue weighted by Crippen LogP contribution is 2.36. The van der Waals surface area contributed by atoms with Crippen molar-refractivity contribution >= 4 is 11.9 Å². The third-order valence-corrected chi connectivity index (χ3v) is 3.53. The topological polar surface area (TPSA) is 55.8 Å². The van der Waals surface area contributed by atoms with Gasteiger partial charge in [0.15, 0.2) is 5.78 Å². The van der Waals surface area contributed by atoms with Crippen LogP contribution in [0.3, 0.4) is 0 Å². The molecule has 0 aromatic heterocycles. The van der Waals surface area contributed by atoms with E-state index in [9.17, 15) is 9.59 Å². The Balaban J connectivity index is 2.16. The van der Waals surface area contributed by atoms with Crippen LogP contribution in [0.2, 0.25) is 0 Å². The van der Waals surface area contributed by atoms with Gasteiger partial charge in [-0.2, -0.15) is 0 Å². The molecule has 0 unspecified atom stereocenters. The predicted octanol–water partition coefficient (Wildman–Crippen LogP) is 1.75. The first kappa shape index (κ1) is 13.3. The minimum absolute atomic E-state index is 0.150. The molecule has 2 rings (SSSR count). The summed E-state index contributed by atoms with van der Waals surface area (Å²) in [6, 6.07) is 0. The molecule has 5 heteroatoms. The maximum absolute atomic E-state index is 12.2. The van der Waals surface area contributed by atoms with Gasteiger partial charge in [-0.05, 0) is 20.8 Å². The zero-order valence-corrected chi connectivity index (χ0v) is 11.3. The van der Waals surface area contributed by atoms with Gasteiger partial charge in [-0.1, -0.05) is 0 Å². The second-order valence-corrected chi connectivity index (χ2v) is 5.95. The van der Waals surface area contributed by atoms with Gasteiger partial charge in [0.25, 0.3) is 0 Å². The van der Waals surface area contributed by atoms with E-state index in [-0.39, 0.29) is 11.9 Å². The number of nitrogens with zero attached hydrogens (tertiary/aromatic N) is 1. The highest BCUT2D eigenvalue weighted by molar-refractivity contribution is 5.94. The number of carbonyl (C=O) groups excluding carboxylic acids is 2. The zero-order chi connectivity index (χ0) is 13.4. The number of carbonyl (C=O) groups is 2. The first-order valence-electron chi connectivity index (χ1n) is 6.47. The molecule has 1 spiro atoms. The van der Waals surface area contributed by atoms with E-state index in [1.54, 1.807) is 4.90 Å². The van der Waals surface area contributed by atoms with E-state index in [1.807, 2.05) is 20.8 Å². The number of likely N-dealkylation sites (tertiary alicyclic amines) is 1. The van der Waals surface area contributed by atoms with Crippen LogP contribution < -0.4 is 0 Å². The first-order valence-corrected chi connectivity index (χ1v) is 6.47. The lowest BCUT2D eigenvalue weighted by Gasteiger charge is -2.40. The van der Waals surface area contributed by atoms with E-state index in [1.165, 1.54) is 0 Å². The van der Waals surface area contributed by atoms with Crippen LogP contribution >= 0.6 is 0 Å². The molecule has 18 heavy (non-hydrogen) atoms. The van der Waals surface area contributed by atoms with E-state index in [4.69, 9.17) is 9.47 Å². The van der Waals surface area contributed by atoms with Gasteiger partial charge in [0.05, 0.1) is 0 Å². The summed E-state index contributed by atoms with van der Waals surface area (Å²) in [5, 5.41) is 0. The van der Waals surface area contributed by atoms with E-state index < -0.39 is 11.1 Å². The number of hydrogen-bond acceptors (Lipinski definition) is 4. The van der Waals surface area contributed by atoms with Gasteiger partial charge < -0.3 is 9.47 Å². The van der Waals surface area contributed by atoms with Crippen LogP contribution in [0.25, 0.3) is 0 Å². The fraction of sp³-hybridized carbons (Fsp3) is 0.846. The van der Waals surface area contributed by atoms with Gasteiger partial charge in [-0.3, -0.25) is 9.69 Å². The van der Waals surface area contributed by atoms with Gasteiger partial charge in [-0.25, -0.2) is 4.79 Å². The molecule has 5 nitrogen and oxygen atoms in total. The Morgan fingerprint density at radius 1 is 1.33 bits per heavy atom. The molecular weight excluding hydrogens is 234 g/mol. The predicted molar refractivity (Wildman–Crippen MR) is 65.3 cm³/mol. The van der Waals surface area contributed by atoms with Crippen molar-refractivity contribution in [1.82, 2.24) is 4.90 Å². The van der Waals surface area contributed by atoms with E-state index in [2.05, 4.69) is 0 Å². The number of hydrogen-bond donors (Lipinski definition) is 0. The maximum Gasteiger partial charge on any atom is 0.411 e. The van der Waals surface area contributed by atoms with E-state index in [0.717, 1.165) is 0 Å². The second kappa shape index (κ2) is 4.53. The third kappa shape index (κ3) is 2.36. The summed E-state index contributed by atoms with van der Waals surface area (Å²) in [6.07, 6.45) is 1.23. The molecular formula is C13H21NO4. The molecule has 0 atom stereocenters. The molecule has 0 saturated carbocycles. The normalized spacial score (nSPS) is 23.5. The molecule has 0 bridgehead atoms. The molecule has 2 aliphatic rings. The summed E-state index contributed by atoms with van der Waals surface area (Å²) in [4.78, 5) is 25.9. The monoisotopic (exact) mass is 255 g/mol. The number of ketones is 1. The third-order valence-electron chi connectivity index (χ3n) is 3.53. The summed E-state index contributed by atoms with van der Waals surface area (Å²) >= 11 is 0. The Hall–Kier alpha value is -1.10. The fourth-order valence-corrected chi connectivity index (χ4v) is 2.65. The standard InChI is InChI=1S/C13H21NO4/c1-12(2,3)18-11(16)14-7-4-10(15)13(14)5-8-17-9-6-13/h4-9H2,1-3H3. The van der Waals surface area contributed by atoms with Crippen LogP contribution in [-0.4, -0.2) is 47.7 Å². The highest BCUT2D eigenvalue weighted by Gasteiger charge is 2.52. The van der Waals surface area contributed by atoms with Gasteiger partial charge in [0.1, 0.15) is 11.1 Å². The van der Waals surface area contributed by atoms with Crippen molar-refractivity contribution in [2.75, 3.05) is 19.8 Å². The quantitative estimate of drug-likeness (QED) is 0.661. The zero-order valence-electron chi connectivity index (χ0n) is 11.3. The van der Waals surface area contributed by atoms with Crippen molar-refractivity contribution in [1.29, 1.82) is 0 Å². The average Bonchev–Trinajstić information content (AvgIpc) is 2.56. The molecule has 102 valence electrons. The highest BCUT2D eigenvalue weighted by atomic mass is 16.6. The van der Waals surface area contributed by atoms with Gasteiger partial charge in [-0.15, -0.1) is 0 Å². The minimum atomic E-state index is -0.666. The molecule has 0 aromatic rings. The minimum Gasteiger partial charge on any atom is -0.444 e. The molecule has 2 fully saturated rings. The Kier molecular flexibility index (Phi) is 3.36. The molecule has 0 aromatic carbocycles. The van der Waals surface area contributed by atoms with Crippen molar-refractivity contribution in [3.63, 3.8) is 0 Å². The van der Waals surface area contributed by atoms with Crippen LogP contribution in [-0.2, 0) is 14.3 Å². The van der Waals surface area contributed by atoms with Crippen molar-refractivity contribution in [2.45, 2.75) is 51.2 Å². The number of rotatable bonds is 0. The molecule has 2 aliphatic heterocycles. The molecule has 0 N–H and O–H groups in total. The Morgan fingerprint density at radius 3 is 2.50 bits per heavy atom. The largest absolute Gasteiger partial charge is 0.444 e. The van der Waals surface area contributed by atoms with Crippen LogP contribution in [0.5, 0.6) is 0 Å². The average molecular weight is 255 g/mol. The lowest BCUT2D eigenvalue weighted by molar-refractivity contribution is -0.130. The number of Topliss-reactive ketones (excluding diaryl/α,β-unsaturated/α-hetero) is 1. The Morgan fingerprint density at radius 2 is 1.94 bits per heavy atom. The van der Waals surface area contributed by atoms with Gasteiger partial charge >= 0.3 is 6.09 Å². The molecule has 2 heterocycles. The van der Waals surface area contributed by atoms with Crippen molar-refractivity contribution < 1.29 is 19.1 Å². The molecule has 0 radical (unpaired) electrons. The van der Waals surface area contributed by atoms with Crippen molar-refractivity contribution in [2.24, 2.45) is 0 Å². The summed E-state index contributed by atoms with van der Waals surface area (Å²) in [7, 11) is 0. The summed E-state index contributed by atoms with van der Waals surface area (Å²) < 4.78 is 10.7. The summed E-state index contributed by atoms with van der Waals surface area (Å²) in [5.74, 6) is 0.150. The Bertz CT molecular complexity index is 352. The fourth-order valence-electron chi connectivity index (χ4n) is 2.65. The lowest BCUT2D eigenvalue weighted by atomic mass is 9.86. The van der Waals surface area contributed by atoms with Gasteiger partial charge in [0.2, 0.25) is 0 Å². The first-order chi connectivity index (χ1) is 8.35. The molecule has 0 aliphatic carbocycles. The smallest absolute Gasteiger partial charge is 0.411 e. The number of ether oxygens (including phenoxy) is 2. The van der Waals surface area contributed by atoms with Crippen LogP contribution in [0.15, 0.2) is 0 Å². The van der Waals surface area contributed by atoms with Crippen LogP contribution in [0.4, 0.5) is 4.79 Å². The number of amides is 1. The van der Waals surface area contributed by atoms with E-state index in [0.29, 0.717) is 39.0 Å². The Labute approximate surface area is 107 Å². The lowest BCUT2D eigenvalue weighted by Crippen LogP contribution is -2.55. The van der Waals surface area contributed by atoms with Gasteiger partial charge in [0, 0.05) is 39.0 Å².